The van der Waals surface area contributed by atoms with Gasteiger partial charge in [-0.15, -0.1) is 0 Å². The van der Waals surface area contributed by atoms with Crippen LogP contribution in [0.5, 0.6) is 0 Å². The minimum atomic E-state index is -0.0693. The van der Waals surface area contributed by atoms with Gasteiger partial charge in [0.05, 0.1) is 17.4 Å². The van der Waals surface area contributed by atoms with E-state index in [2.05, 4.69) is 22.5 Å². The molecule has 1 fully saturated rings. The van der Waals surface area contributed by atoms with Crippen molar-refractivity contribution in [3.8, 4) is 0 Å². The van der Waals surface area contributed by atoms with Crippen molar-refractivity contribution in [2.75, 3.05) is 25.0 Å². The highest BCUT2D eigenvalue weighted by molar-refractivity contribution is 5.99. The van der Waals surface area contributed by atoms with E-state index in [0.29, 0.717) is 18.0 Å². The summed E-state index contributed by atoms with van der Waals surface area (Å²) in [5.41, 5.74) is 2.35. The molecule has 1 aliphatic heterocycles. The molecule has 116 valence electrons. The number of ether oxygens (including phenoxy) is 1. The van der Waals surface area contributed by atoms with E-state index in [1.54, 1.807) is 6.20 Å². The lowest BCUT2D eigenvalue weighted by atomic mass is 9.99. The fraction of sp³-hybridized carbons (Fsp3) is 0.625. The first-order valence-electron chi connectivity index (χ1n) is 7.76. The molecule has 2 N–H and O–H groups in total. The molecule has 2 rings (SSSR count). The van der Waals surface area contributed by atoms with Crippen molar-refractivity contribution in [1.82, 2.24) is 10.3 Å². The van der Waals surface area contributed by atoms with Gasteiger partial charge >= 0.3 is 0 Å². The largest absolute Gasteiger partial charge is 0.385 e. The zero-order valence-electron chi connectivity index (χ0n) is 13.1. The van der Waals surface area contributed by atoms with E-state index in [1.165, 1.54) is 0 Å². The van der Waals surface area contributed by atoms with Crippen molar-refractivity contribution in [1.29, 1.82) is 0 Å². The van der Waals surface area contributed by atoms with Crippen LogP contribution in [-0.4, -0.2) is 36.7 Å². The van der Waals surface area contributed by atoms with E-state index in [0.717, 1.165) is 37.4 Å². The third kappa shape index (κ3) is 3.94. The molecule has 1 aromatic rings. The number of anilines is 1. The number of amides is 1. The van der Waals surface area contributed by atoms with Crippen LogP contribution >= 0.6 is 0 Å². The summed E-state index contributed by atoms with van der Waals surface area (Å²) in [7, 11) is 0. The second kappa shape index (κ2) is 7.41. The lowest BCUT2D eigenvalue weighted by Gasteiger charge is -2.18. The van der Waals surface area contributed by atoms with Gasteiger partial charge in [-0.2, -0.15) is 0 Å². The number of aromatic nitrogens is 1. The molecule has 21 heavy (non-hydrogen) atoms. The first-order chi connectivity index (χ1) is 10.2. The third-order valence-electron chi connectivity index (χ3n) is 3.93. The Labute approximate surface area is 126 Å². The lowest BCUT2D eigenvalue weighted by Crippen LogP contribution is -2.33. The molecule has 0 saturated carbocycles. The first-order valence-corrected chi connectivity index (χ1v) is 7.76. The average Bonchev–Trinajstić information content (AvgIpc) is 2.93. The highest BCUT2D eigenvalue weighted by Gasteiger charge is 2.27. The first kappa shape index (κ1) is 15.8. The Bertz CT molecular complexity index is 490. The zero-order chi connectivity index (χ0) is 15.2. The minimum absolute atomic E-state index is 0.0693. The van der Waals surface area contributed by atoms with Gasteiger partial charge in [-0.05, 0) is 32.8 Å². The number of rotatable bonds is 6. The van der Waals surface area contributed by atoms with Gasteiger partial charge in [0.2, 0.25) is 0 Å². The van der Waals surface area contributed by atoms with Crippen molar-refractivity contribution >= 4 is 11.6 Å². The molecule has 0 aromatic carbocycles. The lowest BCUT2D eigenvalue weighted by molar-refractivity contribution is 0.0827. The van der Waals surface area contributed by atoms with Crippen LogP contribution < -0.4 is 10.6 Å². The number of carbonyl (C=O) groups excluding carboxylic acids is 1. The Morgan fingerprint density at radius 1 is 1.48 bits per heavy atom. The summed E-state index contributed by atoms with van der Waals surface area (Å²) in [6.07, 6.45) is 3.93. The van der Waals surface area contributed by atoms with Crippen LogP contribution in [0.2, 0.25) is 0 Å². The van der Waals surface area contributed by atoms with E-state index in [4.69, 9.17) is 4.74 Å². The van der Waals surface area contributed by atoms with Crippen LogP contribution in [0.1, 0.15) is 42.7 Å². The summed E-state index contributed by atoms with van der Waals surface area (Å²) in [4.78, 5) is 16.6. The van der Waals surface area contributed by atoms with E-state index >= 15 is 0 Å². The predicted octanol–water partition coefficient (Wildman–Crippen LogP) is 2.37. The predicted molar refractivity (Wildman–Crippen MR) is 83.6 cm³/mol. The van der Waals surface area contributed by atoms with Crippen molar-refractivity contribution in [3.05, 3.63) is 23.5 Å². The molecule has 1 aromatic heterocycles. The van der Waals surface area contributed by atoms with Crippen LogP contribution in [0.3, 0.4) is 0 Å². The summed E-state index contributed by atoms with van der Waals surface area (Å²) in [6.45, 7) is 8.30. The smallest absolute Gasteiger partial charge is 0.254 e. The molecule has 0 spiro atoms. The number of pyridine rings is 1. The molecule has 0 radical (unpaired) electrons. The van der Waals surface area contributed by atoms with Gasteiger partial charge in [0.1, 0.15) is 0 Å². The van der Waals surface area contributed by atoms with Crippen LogP contribution in [-0.2, 0) is 4.74 Å². The van der Waals surface area contributed by atoms with Crippen molar-refractivity contribution in [3.63, 3.8) is 0 Å². The van der Waals surface area contributed by atoms with E-state index in [-0.39, 0.29) is 12.0 Å². The molecular formula is C16H25N3O2. The van der Waals surface area contributed by atoms with Crippen LogP contribution in [0, 0.1) is 12.8 Å². The minimum Gasteiger partial charge on any atom is -0.385 e. The number of hydrogen-bond acceptors (Lipinski definition) is 4. The molecular weight excluding hydrogens is 266 g/mol. The summed E-state index contributed by atoms with van der Waals surface area (Å²) in [5, 5.41) is 6.24. The maximum Gasteiger partial charge on any atom is 0.254 e. The SMILES string of the molecule is CCNc1cc(C)ncc1C(=O)NCC1CCOC1CC. The Hall–Kier alpha value is -1.62. The second-order valence-corrected chi connectivity index (χ2v) is 5.48. The quantitative estimate of drug-likeness (QED) is 0.844. The molecule has 0 bridgehead atoms. The van der Waals surface area contributed by atoms with Crippen LogP contribution in [0.25, 0.3) is 0 Å². The Morgan fingerprint density at radius 2 is 2.29 bits per heavy atom. The van der Waals surface area contributed by atoms with Gasteiger partial charge in [-0.25, -0.2) is 0 Å². The number of carbonyl (C=O) groups is 1. The number of aryl methyl sites for hydroxylation is 1. The van der Waals surface area contributed by atoms with E-state index in [9.17, 15) is 4.79 Å². The Kier molecular flexibility index (Phi) is 5.56. The van der Waals surface area contributed by atoms with Gasteiger partial charge in [0.25, 0.3) is 5.91 Å². The molecule has 5 nitrogen and oxygen atoms in total. The highest BCUT2D eigenvalue weighted by atomic mass is 16.5. The molecule has 1 aliphatic rings. The summed E-state index contributed by atoms with van der Waals surface area (Å²) >= 11 is 0. The third-order valence-corrected chi connectivity index (χ3v) is 3.93. The Morgan fingerprint density at radius 3 is 3.00 bits per heavy atom. The highest BCUT2D eigenvalue weighted by Crippen LogP contribution is 2.23. The Balaban J connectivity index is 2.00. The van der Waals surface area contributed by atoms with Gasteiger partial charge in [-0.1, -0.05) is 6.92 Å². The van der Waals surface area contributed by atoms with Gasteiger partial charge in [0, 0.05) is 37.5 Å². The van der Waals surface area contributed by atoms with Gasteiger partial charge < -0.3 is 15.4 Å². The van der Waals surface area contributed by atoms with Gasteiger partial charge in [-0.3, -0.25) is 9.78 Å². The van der Waals surface area contributed by atoms with Crippen molar-refractivity contribution in [2.24, 2.45) is 5.92 Å². The van der Waals surface area contributed by atoms with Crippen LogP contribution in [0.4, 0.5) is 5.69 Å². The maximum absolute atomic E-state index is 12.4. The molecule has 5 heteroatoms. The molecule has 2 heterocycles. The van der Waals surface area contributed by atoms with Gasteiger partial charge in [0.15, 0.2) is 0 Å². The zero-order valence-corrected chi connectivity index (χ0v) is 13.1. The fourth-order valence-electron chi connectivity index (χ4n) is 2.77. The van der Waals surface area contributed by atoms with Crippen molar-refractivity contribution < 1.29 is 9.53 Å². The molecule has 2 atom stereocenters. The number of nitrogens with one attached hydrogen (secondary N) is 2. The maximum atomic E-state index is 12.4. The van der Waals surface area contributed by atoms with Crippen molar-refractivity contribution in [2.45, 2.75) is 39.7 Å². The summed E-state index contributed by atoms with van der Waals surface area (Å²) < 4.78 is 5.65. The molecule has 2 unspecified atom stereocenters. The van der Waals surface area contributed by atoms with Crippen LogP contribution in [0.15, 0.2) is 12.3 Å². The summed E-state index contributed by atoms with van der Waals surface area (Å²) in [6, 6.07) is 1.91. The molecule has 0 aliphatic carbocycles. The van der Waals surface area contributed by atoms with E-state index in [1.807, 2.05) is 19.9 Å². The molecule has 1 amide bonds. The number of nitrogens with zero attached hydrogens (tertiary/aromatic N) is 1. The number of hydrogen-bond donors (Lipinski definition) is 2. The fourth-order valence-corrected chi connectivity index (χ4v) is 2.77. The monoisotopic (exact) mass is 291 g/mol. The standard InChI is InChI=1S/C16H25N3O2/c1-4-15-12(6-7-21-15)9-19-16(20)13-10-18-11(3)8-14(13)17-5-2/h8,10,12,15H,4-7,9H2,1-3H3,(H,17,18)(H,19,20). The summed E-state index contributed by atoms with van der Waals surface area (Å²) in [5.74, 6) is 0.347. The normalized spacial score (nSPS) is 21.3. The topological polar surface area (TPSA) is 63.2 Å². The average molecular weight is 291 g/mol. The molecule has 1 saturated heterocycles. The second-order valence-electron chi connectivity index (χ2n) is 5.48. The van der Waals surface area contributed by atoms with E-state index < -0.39 is 0 Å².